The molecule has 34 heavy (non-hydrogen) atoms. The molecule has 0 saturated heterocycles. The van der Waals surface area contributed by atoms with Gasteiger partial charge in [0.1, 0.15) is 19.6 Å². The molecular weight excluding hydrogens is 442 g/mol. The molecule has 0 aliphatic carbocycles. The molecule has 3 aromatic rings. The van der Waals surface area contributed by atoms with Crippen molar-refractivity contribution < 1.29 is 19.4 Å². The summed E-state index contributed by atoms with van der Waals surface area (Å²) in [6.07, 6.45) is 2.70. The molecule has 3 rings (SSSR count). The van der Waals surface area contributed by atoms with Crippen LogP contribution in [0.4, 0.5) is 0 Å². The third-order valence-corrected chi connectivity index (χ3v) is 8.72. The molecule has 0 spiro atoms. The fourth-order valence-electron chi connectivity index (χ4n) is 3.65. The molecule has 0 radical (unpaired) electrons. The van der Waals surface area contributed by atoms with Gasteiger partial charge in [0.05, 0.1) is 13.3 Å². The molecule has 2 N–H and O–H groups in total. The first kappa shape index (κ1) is 25.5. The van der Waals surface area contributed by atoms with Gasteiger partial charge in [-0.1, -0.05) is 66.8 Å². The van der Waals surface area contributed by atoms with Gasteiger partial charge in [0.25, 0.3) is 0 Å². The smallest absolute Gasteiger partial charge is 0.305 e. The zero-order chi connectivity index (χ0) is 24.4. The zero-order valence-corrected chi connectivity index (χ0v) is 21.3. The van der Waals surface area contributed by atoms with Gasteiger partial charge < -0.3 is 19.9 Å². The van der Waals surface area contributed by atoms with Crippen molar-refractivity contribution in [3.8, 4) is 11.5 Å². The van der Waals surface area contributed by atoms with Crippen LogP contribution in [-0.4, -0.2) is 39.0 Å². The molecule has 0 bridgehead atoms. The zero-order valence-electron chi connectivity index (χ0n) is 20.3. The van der Waals surface area contributed by atoms with Crippen LogP contribution >= 0.6 is 0 Å². The highest BCUT2D eigenvalue weighted by atomic mass is 28.3. The second kappa shape index (κ2) is 12.4. The lowest BCUT2D eigenvalue weighted by molar-refractivity contribution is -0.140. The number of esters is 1. The molecule has 3 aromatic carbocycles. The van der Waals surface area contributed by atoms with Crippen LogP contribution in [0.1, 0.15) is 23.1 Å². The summed E-state index contributed by atoms with van der Waals surface area (Å²) in [5.41, 5.74) is 3.58. The van der Waals surface area contributed by atoms with Crippen LogP contribution < -0.4 is 15.2 Å². The van der Waals surface area contributed by atoms with Crippen molar-refractivity contribution in [1.82, 2.24) is 5.32 Å². The van der Waals surface area contributed by atoms with Gasteiger partial charge in [-0.25, -0.2) is 0 Å². The number of nitrogens with one attached hydrogen (secondary N) is 1. The molecule has 180 valence electrons. The van der Waals surface area contributed by atoms with Crippen molar-refractivity contribution in [2.75, 3.05) is 19.9 Å². The molecule has 0 heterocycles. The molecule has 0 amide bonds. The lowest BCUT2D eigenvalue weighted by Crippen LogP contribution is -2.47. The average molecular weight is 478 g/mol. The van der Waals surface area contributed by atoms with Gasteiger partial charge in [0, 0.05) is 13.0 Å². The Hall–Kier alpha value is -3.09. The number of phenolic OH excluding ortho intramolecular Hbond substituents is 1. The van der Waals surface area contributed by atoms with Gasteiger partial charge in [-0.05, 0) is 60.3 Å². The number of rotatable bonds is 12. The van der Waals surface area contributed by atoms with Crippen LogP contribution in [0.5, 0.6) is 11.5 Å². The first-order valence-corrected chi connectivity index (χ1v) is 14.9. The normalized spacial score (nSPS) is 11.3. The number of benzene rings is 3. The molecule has 0 aromatic heterocycles. The SMILES string of the molecule is COC(=O)CCc1ccc(OC[Si](C)(C)c2ccc(CNCCc3ccc(O)cc3)cc2)cc1. The van der Waals surface area contributed by atoms with Crippen LogP contribution in [0, 0.1) is 0 Å². The predicted molar refractivity (Wildman–Crippen MR) is 139 cm³/mol. The Balaban J connectivity index is 1.43. The number of methoxy groups -OCH3 is 1. The van der Waals surface area contributed by atoms with Gasteiger partial charge in [0.15, 0.2) is 0 Å². The summed E-state index contributed by atoms with van der Waals surface area (Å²) < 4.78 is 10.8. The first-order chi connectivity index (χ1) is 16.4. The number of aryl methyl sites for hydroxylation is 1. The molecule has 0 atom stereocenters. The molecule has 0 unspecified atom stereocenters. The number of carbonyl (C=O) groups is 1. The highest BCUT2D eigenvalue weighted by Crippen LogP contribution is 2.16. The Kier molecular flexibility index (Phi) is 9.30. The molecule has 0 saturated carbocycles. The summed E-state index contributed by atoms with van der Waals surface area (Å²) in [4.78, 5) is 11.3. The van der Waals surface area contributed by atoms with E-state index in [2.05, 4.69) is 42.7 Å². The van der Waals surface area contributed by atoms with E-state index in [9.17, 15) is 9.90 Å². The van der Waals surface area contributed by atoms with E-state index in [0.717, 1.165) is 30.8 Å². The van der Waals surface area contributed by atoms with E-state index in [1.165, 1.54) is 23.4 Å². The van der Waals surface area contributed by atoms with Gasteiger partial charge in [-0.3, -0.25) is 4.79 Å². The average Bonchev–Trinajstić information content (AvgIpc) is 2.86. The second-order valence-electron chi connectivity index (χ2n) is 9.18. The van der Waals surface area contributed by atoms with E-state index in [1.54, 1.807) is 12.1 Å². The second-order valence-corrected chi connectivity index (χ2v) is 13.8. The maximum Gasteiger partial charge on any atom is 0.305 e. The van der Waals surface area contributed by atoms with E-state index < -0.39 is 8.07 Å². The lowest BCUT2D eigenvalue weighted by atomic mass is 10.1. The number of aromatic hydroxyl groups is 1. The Morgan fingerprint density at radius 2 is 1.44 bits per heavy atom. The topological polar surface area (TPSA) is 67.8 Å². The molecule has 5 nitrogen and oxygen atoms in total. The largest absolute Gasteiger partial charge is 0.508 e. The summed E-state index contributed by atoms with van der Waals surface area (Å²) in [6, 6.07) is 24.2. The van der Waals surface area contributed by atoms with Crippen LogP contribution in [0.2, 0.25) is 13.1 Å². The van der Waals surface area contributed by atoms with Gasteiger partial charge >= 0.3 is 5.97 Å². The standard InChI is InChI=1S/C28H35NO4Si/c1-32-28(31)17-10-22-6-13-26(14-7-22)33-21-34(2,3)27-15-8-24(9-16-27)20-29-19-18-23-4-11-25(30)12-5-23/h4-9,11-16,29-30H,10,17-21H2,1-3H3. The van der Waals surface area contributed by atoms with Crippen molar-refractivity contribution in [3.63, 3.8) is 0 Å². The Bertz CT molecular complexity index is 1030. The fourth-order valence-corrected chi connectivity index (χ4v) is 5.41. The highest BCUT2D eigenvalue weighted by Gasteiger charge is 2.24. The summed E-state index contributed by atoms with van der Waals surface area (Å²) in [7, 11) is -0.332. The molecule has 0 aliphatic rings. The monoisotopic (exact) mass is 477 g/mol. The van der Waals surface area contributed by atoms with E-state index in [0.29, 0.717) is 24.8 Å². The van der Waals surface area contributed by atoms with E-state index in [-0.39, 0.29) is 5.97 Å². The van der Waals surface area contributed by atoms with Crippen LogP contribution in [0.3, 0.4) is 0 Å². The maximum atomic E-state index is 11.3. The van der Waals surface area contributed by atoms with Crippen molar-refractivity contribution in [1.29, 1.82) is 0 Å². The minimum Gasteiger partial charge on any atom is -0.508 e. The summed E-state index contributed by atoms with van der Waals surface area (Å²) in [5, 5.41) is 14.2. The van der Waals surface area contributed by atoms with Gasteiger partial charge in [-0.2, -0.15) is 0 Å². The van der Waals surface area contributed by atoms with Crippen LogP contribution in [0.15, 0.2) is 72.8 Å². The summed E-state index contributed by atoms with van der Waals surface area (Å²) in [6.45, 7) is 6.37. The van der Waals surface area contributed by atoms with E-state index in [4.69, 9.17) is 9.47 Å². The molecule has 6 heteroatoms. The van der Waals surface area contributed by atoms with Crippen LogP contribution in [-0.2, 0) is 28.9 Å². The molecular formula is C28H35NO4Si. The van der Waals surface area contributed by atoms with Crippen molar-refractivity contribution >= 4 is 19.2 Å². The highest BCUT2D eigenvalue weighted by molar-refractivity contribution is 6.89. The van der Waals surface area contributed by atoms with E-state index in [1.807, 2.05) is 36.4 Å². The van der Waals surface area contributed by atoms with Crippen molar-refractivity contribution in [2.24, 2.45) is 0 Å². The number of ether oxygens (including phenoxy) is 2. The number of hydrogen-bond acceptors (Lipinski definition) is 5. The maximum absolute atomic E-state index is 11.3. The minimum atomic E-state index is -1.74. The lowest BCUT2D eigenvalue weighted by Gasteiger charge is -2.23. The first-order valence-electron chi connectivity index (χ1n) is 11.7. The Morgan fingerprint density at radius 3 is 2.09 bits per heavy atom. The number of phenols is 1. The van der Waals surface area contributed by atoms with Gasteiger partial charge in [-0.15, -0.1) is 0 Å². The Morgan fingerprint density at radius 1 is 0.853 bits per heavy atom. The van der Waals surface area contributed by atoms with Crippen molar-refractivity contribution in [3.05, 3.63) is 89.5 Å². The summed E-state index contributed by atoms with van der Waals surface area (Å²) >= 11 is 0. The fraction of sp³-hybridized carbons (Fsp3) is 0.321. The van der Waals surface area contributed by atoms with Crippen molar-refractivity contribution in [2.45, 2.75) is 38.9 Å². The van der Waals surface area contributed by atoms with Crippen LogP contribution in [0.25, 0.3) is 0 Å². The third-order valence-electron chi connectivity index (χ3n) is 5.96. The predicted octanol–water partition coefficient (Wildman–Crippen LogP) is 4.36. The summed E-state index contributed by atoms with van der Waals surface area (Å²) in [5.74, 6) is 0.972. The van der Waals surface area contributed by atoms with Gasteiger partial charge in [0.2, 0.25) is 0 Å². The molecule has 0 fully saturated rings. The third kappa shape index (κ3) is 8.04. The minimum absolute atomic E-state index is 0.191. The van der Waals surface area contributed by atoms with E-state index >= 15 is 0 Å². The number of carbonyl (C=O) groups excluding carboxylic acids is 1. The number of hydrogen-bond donors (Lipinski definition) is 2. The Labute approximate surface area is 203 Å². The quantitative estimate of drug-likeness (QED) is 0.230. The molecule has 0 aliphatic heterocycles.